The van der Waals surface area contributed by atoms with E-state index in [4.69, 9.17) is 9.47 Å². The number of rotatable bonds is 10. The highest BCUT2D eigenvalue weighted by Crippen LogP contribution is 2.20. The Morgan fingerprint density at radius 2 is 2.05 bits per heavy atom. The summed E-state index contributed by atoms with van der Waals surface area (Å²) in [6, 6.07) is 4.34. The predicted octanol–water partition coefficient (Wildman–Crippen LogP) is 2.61. The van der Waals surface area contributed by atoms with Crippen molar-refractivity contribution in [1.29, 1.82) is 0 Å². The SMILES string of the molecule is CCOC(OCC)c1ccc(NC2CN(CCCF)C2)cn1. The number of likely N-dealkylation sites (tertiary alicyclic amines) is 1. The minimum Gasteiger partial charge on any atom is -0.378 e. The highest BCUT2D eigenvalue weighted by molar-refractivity contribution is 5.43. The highest BCUT2D eigenvalue weighted by Gasteiger charge is 2.25. The molecule has 6 heteroatoms. The lowest BCUT2D eigenvalue weighted by atomic mass is 10.1. The van der Waals surface area contributed by atoms with Gasteiger partial charge < -0.3 is 14.8 Å². The van der Waals surface area contributed by atoms with Gasteiger partial charge in [0.2, 0.25) is 6.29 Å². The Morgan fingerprint density at radius 3 is 2.59 bits per heavy atom. The van der Waals surface area contributed by atoms with Crippen molar-refractivity contribution in [3.63, 3.8) is 0 Å². The maximum absolute atomic E-state index is 12.1. The minimum atomic E-state index is -0.399. The predicted molar refractivity (Wildman–Crippen MR) is 84.7 cm³/mol. The van der Waals surface area contributed by atoms with Gasteiger partial charge in [0.25, 0.3) is 0 Å². The van der Waals surface area contributed by atoms with Crippen LogP contribution in [0.4, 0.5) is 10.1 Å². The van der Waals surface area contributed by atoms with Gasteiger partial charge in [-0.25, -0.2) is 0 Å². The van der Waals surface area contributed by atoms with Gasteiger partial charge in [-0.1, -0.05) is 0 Å². The van der Waals surface area contributed by atoms with Crippen LogP contribution in [-0.2, 0) is 9.47 Å². The number of nitrogens with zero attached hydrogens (tertiary/aromatic N) is 2. The first-order valence-electron chi connectivity index (χ1n) is 8.00. The average molecular weight is 311 g/mol. The van der Waals surface area contributed by atoms with Gasteiger partial charge >= 0.3 is 0 Å². The summed E-state index contributed by atoms with van der Waals surface area (Å²) in [5.41, 5.74) is 1.78. The van der Waals surface area contributed by atoms with Crippen LogP contribution in [0.1, 0.15) is 32.3 Å². The molecule has 1 aliphatic rings. The van der Waals surface area contributed by atoms with Crippen molar-refractivity contribution < 1.29 is 13.9 Å². The summed E-state index contributed by atoms with van der Waals surface area (Å²) >= 11 is 0. The summed E-state index contributed by atoms with van der Waals surface area (Å²) in [5.74, 6) is 0. The van der Waals surface area contributed by atoms with Crippen molar-refractivity contribution in [2.24, 2.45) is 0 Å². The van der Waals surface area contributed by atoms with Crippen LogP contribution in [0, 0.1) is 0 Å². The molecule has 0 bridgehead atoms. The van der Waals surface area contributed by atoms with Crippen LogP contribution in [-0.4, -0.2) is 55.4 Å². The van der Waals surface area contributed by atoms with E-state index in [0.29, 0.717) is 25.7 Å². The topological polar surface area (TPSA) is 46.6 Å². The van der Waals surface area contributed by atoms with E-state index in [2.05, 4.69) is 15.2 Å². The van der Waals surface area contributed by atoms with Crippen LogP contribution in [0.25, 0.3) is 0 Å². The van der Waals surface area contributed by atoms with Crippen molar-refractivity contribution in [3.8, 4) is 0 Å². The van der Waals surface area contributed by atoms with Crippen molar-refractivity contribution in [2.75, 3.05) is 44.8 Å². The zero-order valence-corrected chi connectivity index (χ0v) is 13.4. The Labute approximate surface area is 131 Å². The molecule has 1 N–H and O–H groups in total. The lowest BCUT2D eigenvalue weighted by molar-refractivity contribution is -0.142. The first-order valence-corrected chi connectivity index (χ1v) is 8.00. The van der Waals surface area contributed by atoms with Gasteiger partial charge in [-0.2, -0.15) is 0 Å². The van der Waals surface area contributed by atoms with Crippen molar-refractivity contribution >= 4 is 5.69 Å². The van der Waals surface area contributed by atoms with E-state index in [-0.39, 0.29) is 6.67 Å². The third kappa shape index (κ3) is 4.90. The molecule has 0 aliphatic carbocycles. The van der Waals surface area contributed by atoms with E-state index in [1.807, 2.05) is 32.2 Å². The van der Waals surface area contributed by atoms with Gasteiger partial charge in [-0.3, -0.25) is 14.3 Å². The molecule has 0 unspecified atom stereocenters. The largest absolute Gasteiger partial charge is 0.378 e. The molecule has 1 aromatic rings. The van der Waals surface area contributed by atoms with E-state index in [0.717, 1.165) is 31.0 Å². The molecule has 1 fully saturated rings. The number of nitrogens with one attached hydrogen (secondary N) is 1. The smallest absolute Gasteiger partial charge is 0.201 e. The number of anilines is 1. The van der Waals surface area contributed by atoms with Crippen LogP contribution in [0.15, 0.2) is 18.3 Å². The molecule has 1 saturated heterocycles. The average Bonchev–Trinajstić information content (AvgIpc) is 2.50. The maximum Gasteiger partial charge on any atom is 0.201 e. The molecule has 0 aromatic carbocycles. The third-order valence-electron chi connectivity index (χ3n) is 3.60. The number of pyridine rings is 1. The summed E-state index contributed by atoms with van der Waals surface area (Å²) < 4.78 is 23.2. The van der Waals surface area contributed by atoms with Gasteiger partial charge in [0.05, 0.1) is 30.3 Å². The van der Waals surface area contributed by atoms with Crippen LogP contribution in [0.2, 0.25) is 0 Å². The molecule has 0 radical (unpaired) electrons. The number of halogens is 1. The van der Waals surface area contributed by atoms with E-state index in [1.165, 1.54) is 0 Å². The number of hydrogen-bond acceptors (Lipinski definition) is 5. The first-order chi connectivity index (χ1) is 10.8. The molecule has 1 aromatic heterocycles. The van der Waals surface area contributed by atoms with Gasteiger partial charge in [0.15, 0.2) is 0 Å². The fourth-order valence-electron chi connectivity index (χ4n) is 2.51. The van der Waals surface area contributed by atoms with Crippen LogP contribution in [0.3, 0.4) is 0 Å². The van der Waals surface area contributed by atoms with E-state index in [9.17, 15) is 4.39 Å². The first kappa shape index (κ1) is 17.1. The highest BCUT2D eigenvalue weighted by atomic mass is 19.1. The second kappa shape index (κ2) is 9.02. The summed E-state index contributed by atoms with van der Waals surface area (Å²) in [6.07, 6.45) is 2.04. The molecule has 2 rings (SSSR count). The summed E-state index contributed by atoms with van der Waals surface area (Å²) in [6.45, 7) is 7.58. The van der Waals surface area contributed by atoms with Crippen molar-refractivity contribution in [3.05, 3.63) is 24.0 Å². The molecule has 22 heavy (non-hydrogen) atoms. The quantitative estimate of drug-likeness (QED) is 0.673. The van der Waals surface area contributed by atoms with Gasteiger partial charge in [-0.05, 0) is 32.4 Å². The monoisotopic (exact) mass is 311 g/mol. The molecule has 1 aliphatic heterocycles. The Bertz CT molecular complexity index is 418. The van der Waals surface area contributed by atoms with Gasteiger partial charge in [0, 0.05) is 32.8 Å². The second-order valence-electron chi connectivity index (χ2n) is 5.36. The van der Waals surface area contributed by atoms with Gasteiger partial charge in [-0.15, -0.1) is 0 Å². The van der Waals surface area contributed by atoms with Crippen molar-refractivity contribution in [1.82, 2.24) is 9.88 Å². The molecule has 2 heterocycles. The molecule has 0 saturated carbocycles. The maximum atomic E-state index is 12.1. The van der Waals surface area contributed by atoms with Gasteiger partial charge in [0.1, 0.15) is 0 Å². The zero-order valence-electron chi connectivity index (χ0n) is 13.4. The number of aromatic nitrogens is 1. The summed E-state index contributed by atoms with van der Waals surface area (Å²) in [5, 5.41) is 3.44. The Kier molecular flexibility index (Phi) is 7.02. The molecule has 0 amide bonds. The lowest BCUT2D eigenvalue weighted by Gasteiger charge is -2.40. The van der Waals surface area contributed by atoms with Crippen LogP contribution < -0.4 is 5.32 Å². The van der Waals surface area contributed by atoms with Crippen LogP contribution in [0.5, 0.6) is 0 Å². The number of hydrogen-bond donors (Lipinski definition) is 1. The van der Waals surface area contributed by atoms with Crippen LogP contribution >= 0.6 is 0 Å². The Hall–Kier alpha value is -1.24. The van der Waals surface area contributed by atoms with E-state index >= 15 is 0 Å². The van der Waals surface area contributed by atoms with E-state index < -0.39 is 6.29 Å². The second-order valence-corrected chi connectivity index (χ2v) is 5.36. The van der Waals surface area contributed by atoms with E-state index in [1.54, 1.807) is 0 Å². The van der Waals surface area contributed by atoms with Crippen molar-refractivity contribution in [2.45, 2.75) is 32.6 Å². The summed E-state index contributed by atoms with van der Waals surface area (Å²) in [7, 11) is 0. The molecular weight excluding hydrogens is 285 g/mol. The lowest BCUT2D eigenvalue weighted by Crippen LogP contribution is -2.54. The minimum absolute atomic E-state index is 0.235. The zero-order chi connectivity index (χ0) is 15.8. The molecule has 5 nitrogen and oxygen atoms in total. The number of alkyl halides is 1. The third-order valence-corrected chi connectivity index (χ3v) is 3.60. The fraction of sp³-hybridized carbons (Fsp3) is 0.688. The standard InChI is InChI=1S/C16H26FN3O2/c1-3-21-16(22-4-2)15-7-6-13(10-18-15)19-14-11-20(12-14)9-5-8-17/h6-7,10,14,16,19H,3-5,8-9,11-12H2,1-2H3. The number of ether oxygens (including phenoxy) is 2. The molecule has 124 valence electrons. The molecule has 0 atom stereocenters. The summed E-state index contributed by atoms with van der Waals surface area (Å²) in [4.78, 5) is 6.67. The molecule has 0 spiro atoms. The Balaban J connectivity index is 1.79. The normalized spacial score (nSPS) is 16.0. The Morgan fingerprint density at radius 1 is 1.32 bits per heavy atom. The fourth-order valence-corrected chi connectivity index (χ4v) is 2.51. The molecular formula is C16H26FN3O2.